The van der Waals surface area contributed by atoms with Gasteiger partial charge in [-0.1, -0.05) is 13.3 Å². The molecule has 1 atom stereocenters. The Hall–Kier alpha value is -1.92. The first-order valence-electron chi connectivity index (χ1n) is 12.4. The van der Waals surface area contributed by atoms with Crippen LogP contribution in [-0.2, 0) is 38.1 Å². The Kier molecular flexibility index (Phi) is 22.5. The molecule has 11 nitrogen and oxygen atoms in total. The second kappa shape index (κ2) is 23.8. The molecule has 0 aromatic carbocycles. The van der Waals surface area contributed by atoms with Crippen LogP contribution in [0.4, 0.5) is 0 Å². The summed E-state index contributed by atoms with van der Waals surface area (Å²) in [5.41, 5.74) is 0. The number of aliphatic hydroxyl groups is 1. The molecular weight excluding hydrogens is 460 g/mol. The minimum atomic E-state index is -0.413. The first-order valence-corrected chi connectivity index (χ1v) is 12.4. The van der Waals surface area contributed by atoms with Crippen molar-refractivity contribution in [3.63, 3.8) is 0 Å². The highest BCUT2D eigenvalue weighted by atomic mass is 16.5. The van der Waals surface area contributed by atoms with Crippen molar-refractivity contribution in [1.29, 1.82) is 0 Å². The van der Waals surface area contributed by atoms with Crippen LogP contribution in [0.1, 0.15) is 52.4 Å². The third-order valence-corrected chi connectivity index (χ3v) is 5.01. The molecule has 0 heterocycles. The normalized spacial score (nSPS) is 11.7. The molecule has 0 aliphatic carbocycles. The molecule has 0 aliphatic heterocycles. The number of ether oxygens (including phenoxy) is 4. The van der Waals surface area contributed by atoms with E-state index in [1.54, 1.807) is 0 Å². The molecular formula is C24H44N2O9. The second-order valence-corrected chi connectivity index (χ2v) is 8.03. The van der Waals surface area contributed by atoms with Gasteiger partial charge in [-0.2, -0.15) is 0 Å². The fourth-order valence-corrected chi connectivity index (χ4v) is 3.05. The third kappa shape index (κ3) is 22.3. The summed E-state index contributed by atoms with van der Waals surface area (Å²) in [4.78, 5) is 45.6. The van der Waals surface area contributed by atoms with Crippen molar-refractivity contribution in [1.82, 2.24) is 10.6 Å². The Morgan fingerprint density at radius 3 is 2.09 bits per heavy atom. The molecule has 11 heteroatoms. The summed E-state index contributed by atoms with van der Waals surface area (Å²) in [6.45, 7) is 6.04. The van der Waals surface area contributed by atoms with Gasteiger partial charge in [0.2, 0.25) is 11.8 Å². The van der Waals surface area contributed by atoms with Gasteiger partial charge in [0.25, 0.3) is 0 Å². The largest absolute Gasteiger partial charge is 0.389 e. The van der Waals surface area contributed by atoms with E-state index in [9.17, 15) is 19.2 Å². The average molecular weight is 505 g/mol. The molecule has 0 radical (unpaired) electrons. The lowest BCUT2D eigenvalue weighted by molar-refractivity contribution is -0.127. The van der Waals surface area contributed by atoms with Gasteiger partial charge in [0.05, 0.1) is 33.0 Å². The van der Waals surface area contributed by atoms with E-state index in [0.717, 1.165) is 19.3 Å². The van der Waals surface area contributed by atoms with E-state index in [0.29, 0.717) is 65.4 Å². The van der Waals surface area contributed by atoms with Crippen LogP contribution in [0.15, 0.2) is 0 Å². The van der Waals surface area contributed by atoms with Crippen LogP contribution in [0.25, 0.3) is 0 Å². The molecule has 0 rings (SSSR count). The molecule has 0 aromatic heterocycles. The molecule has 0 unspecified atom stereocenters. The first-order chi connectivity index (χ1) is 16.9. The van der Waals surface area contributed by atoms with Gasteiger partial charge in [-0.15, -0.1) is 0 Å². The monoisotopic (exact) mass is 504 g/mol. The van der Waals surface area contributed by atoms with Crippen LogP contribution >= 0.6 is 0 Å². The molecule has 0 fully saturated rings. The predicted molar refractivity (Wildman–Crippen MR) is 129 cm³/mol. The summed E-state index contributed by atoms with van der Waals surface area (Å²) in [6.07, 6.45) is 3.95. The fourth-order valence-electron chi connectivity index (χ4n) is 3.05. The highest BCUT2D eigenvalue weighted by molar-refractivity contribution is 5.81. The zero-order chi connectivity index (χ0) is 26.2. The Morgan fingerprint density at radius 1 is 0.771 bits per heavy atom. The van der Waals surface area contributed by atoms with Gasteiger partial charge in [-0.3, -0.25) is 19.2 Å². The SMILES string of the molecule is CC[C@@H](CCCCNC(=O)COCCOCCCC(=O)COCCOCCNC(C)=O)C(=O)CO. The van der Waals surface area contributed by atoms with Gasteiger partial charge < -0.3 is 34.7 Å². The summed E-state index contributed by atoms with van der Waals surface area (Å²) in [6, 6.07) is 0. The van der Waals surface area contributed by atoms with Crippen molar-refractivity contribution in [2.75, 3.05) is 72.6 Å². The van der Waals surface area contributed by atoms with Crippen molar-refractivity contribution in [3.05, 3.63) is 0 Å². The molecule has 0 aromatic rings. The molecule has 0 aliphatic rings. The first kappa shape index (κ1) is 33.1. The maximum atomic E-state index is 11.7. The molecule has 3 N–H and O–H groups in total. The standard InChI is InChI=1S/C24H44N2O9/c1-3-21(23(30)17-27)7-4-5-9-26-24(31)19-35-16-13-32-11-6-8-22(29)18-34-15-14-33-12-10-25-20(2)28/h21,27H,3-19H2,1-2H3,(H,25,28)(H,26,31)/t21-/m0/s1. The highest BCUT2D eigenvalue weighted by Crippen LogP contribution is 2.13. The number of ketones is 2. The number of hydrogen-bond donors (Lipinski definition) is 3. The number of unbranched alkanes of at least 4 members (excludes halogenated alkanes) is 1. The van der Waals surface area contributed by atoms with Crippen molar-refractivity contribution in [3.8, 4) is 0 Å². The van der Waals surface area contributed by atoms with Crippen molar-refractivity contribution >= 4 is 23.4 Å². The lowest BCUT2D eigenvalue weighted by Gasteiger charge is -2.12. The molecule has 204 valence electrons. The van der Waals surface area contributed by atoms with Crippen LogP contribution in [0, 0.1) is 5.92 Å². The van der Waals surface area contributed by atoms with Crippen molar-refractivity contribution in [2.45, 2.75) is 52.4 Å². The second-order valence-electron chi connectivity index (χ2n) is 8.03. The number of Topliss-reactive ketones (excluding diaryl/α,β-unsaturated/α-hetero) is 2. The summed E-state index contributed by atoms with van der Waals surface area (Å²) in [7, 11) is 0. The lowest BCUT2D eigenvalue weighted by Crippen LogP contribution is -2.29. The number of hydrogen-bond acceptors (Lipinski definition) is 9. The Morgan fingerprint density at radius 2 is 1.43 bits per heavy atom. The fraction of sp³-hybridized carbons (Fsp3) is 0.833. The maximum absolute atomic E-state index is 11.7. The van der Waals surface area contributed by atoms with Crippen molar-refractivity contribution in [2.24, 2.45) is 5.92 Å². The summed E-state index contributed by atoms with van der Waals surface area (Å²) in [5.74, 6) is -0.543. The number of aliphatic hydroxyl groups excluding tert-OH is 1. The van der Waals surface area contributed by atoms with Gasteiger partial charge in [0.1, 0.15) is 19.8 Å². The smallest absolute Gasteiger partial charge is 0.245 e. The van der Waals surface area contributed by atoms with Gasteiger partial charge >= 0.3 is 0 Å². The Labute approximate surface area is 208 Å². The number of carbonyl (C=O) groups is 4. The van der Waals surface area contributed by atoms with E-state index >= 15 is 0 Å². The number of amides is 2. The van der Waals surface area contributed by atoms with E-state index in [4.69, 9.17) is 24.1 Å². The Balaban J connectivity index is 3.41. The van der Waals surface area contributed by atoms with E-state index in [1.165, 1.54) is 6.92 Å². The predicted octanol–water partition coefficient (Wildman–Crippen LogP) is 0.412. The zero-order valence-electron chi connectivity index (χ0n) is 21.3. The summed E-state index contributed by atoms with van der Waals surface area (Å²) < 4.78 is 21.2. The summed E-state index contributed by atoms with van der Waals surface area (Å²) >= 11 is 0. The molecule has 0 saturated carbocycles. The van der Waals surface area contributed by atoms with Crippen LogP contribution in [0.5, 0.6) is 0 Å². The molecule has 0 saturated heterocycles. The van der Waals surface area contributed by atoms with Gasteiger partial charge in [-0.25, -0.2) is 0 Å². The van der Waals surface area contributed by atoms with E-state index in [1.807, 2.05) is 6.92 Å². The van der Waals surface area contributed by atoms with Gasteiger partial charge in [0, 0.05) is 39.0 Å². The number of nitrogens with one attached hydrogen (secondary N) is 2. The minimum Gasteiger partial charge on any atom is -0.389 e. The maximum Gasteiger partial charge on any atom is 0.245 e. The van der Waals surface area contributed by atoms with Gasteiger partial charge in [-0.05, 0) is 25.7 Å². The topological polar surface area (TPSA) is 149 Å². The van der Waals surface area contributed by atoms with Crippen LogP contribution in [0.2, 0.25) is 0 Å². The minimum absolute atomic E-state index is 0.00928. The highest BCUT2D eigenvalue weighted by Gasteiger charge is 2.14. The average Bonchev–Trinajstić information content (AvgIpc) is 2.83. The zero-order valence-corrected chi connectivity index (χ0v) is 21.3. The Bertz CT molecular complexity index is 587. The quantitative estimate of drug-likeness (QED) is 0.150. The van der Waals surface area contributed by atoms with Crippen LogP contribution in [-0.4, -0.2) is 101 Å². The van der Waals surface area contributed by atoms with Crippen LogP contribution < -0.4 is 10.6 Å². The van der Waals surface area contributed by atoms with E-state index < -0.39 is 6.61 Å². The van der Waals surface area contributed by atoms with Crippen molar-refractivity contribution < 1.29 is 43.2 Å². The van der Waals surface area contributed by atoms with Gasteiger partial charge in [0.15, 0.2) is 11.6 Å². The van der Waals surface area contributed by atoms with E-state index in [-0.39, 0.29) is 49.1 Å². The third-order valence-electron chi connectivity index (χ3n) is 5.01. The molecule has 0 spiro atoms. The molecule has 35 heavy (non-hydrogen) atoms. The van der Waals surface area contributed by atoms with Crippen LogP contribution in [0.3, 0.4) is 0 Å². The van der Waals surface area contributed by atoms with E-state index in [2.05, 4.69) is 10.6 Å². The summed E-state index contributed by atoms with van der Waals surface area (Å²) in [5, 5.41) is 14.3. The molecule has 2 amide bonds. The lowest BCUT2D eigenvalue weighted by atomic mass is 9.95. The number of rotatable bonds is 25. The number of carbonyl (C=O) groups excluding carboxylic acids is 4. The molecule has 0 bridgehead atoms.